The molecular formula is C15H16N2O3. The van der Waals surface area contributed by atoms with Gasteiger partial charge < -0.3 is 10.1 Å². The lowest BCUT2D eigenvalue weighted by atomic mass is 10.1. The smallest absolute Gasteiger partial charge is 0.356 e. The van der Waals surface area contributed by atoms with E-state index in [1.54, 1.807) is 12.2 Å². The topological polar surface area (TPSA) is 67.8 Å². The van der Waals surface area contributed by atoms with Gasteiger partial charge in [0, 0.05) is 5.69 Å². The Balaban J connectivity index is 2.49. The Kier molecular flexibility index (Phi) is 4.30. The second-order valence-corrected chi connectivity index (χ2v) is 4.34. The van der Waals surface area contributed by atoms with Crippen molar-refractivity contribution in [2.45, 2.75) is 19.4 Å². The summed E-state index contributed by atoms with van der Waals surface area (Å²) in [7, 11) is 1.29. The minimum atomic E-state index is -0.611. The first-order valence-electron chi connectivity index (χ1n) is 6.39. The van der Waals surface area contributed by atoms with Crippen LogP contribution in [0.3, 0.4) is 0 Å². The number of hydrogen-bond acceptors (Lipinski definition) is 4. The number of nitrogens with zero attached hydrogens (tertiary/aromatic N) is 1. The number of amides is 1. The van der Waals surface area contributed by atoms with Crippen molar-refractivity contribution in [1.82, 2.24) is 0 Å². The first kappa shape index (κ1) is 14.0. The van der Waals surface area contributed by atoms with Crippen molar-refractivity contribution in [3.63, 3.8) is 0 Å². The van der Waals surface area contributed by atoms with E-state index in [0.717, 1.165) is 5.56 Å². The maximum absolute atomic E-state index is 12.2. The Morgan fingerprint density at radius 1 is 1.35 bits per heavy atom. The molecule has 1 aliphatic heterocycles. The molecule has 1 unspecified atom stereocenters. The van der Waals surface area contributed by atoms with Gasteiger partial charge in [-0.3, -0.25) is 9.79 Å². The average Bonchev–Trinajstić information content (AvgIpc) is 2.54. The minimum Gasteiger partial charge on any atom is -0.464 e. The van der Waals surface area contributed by atoms with E-state index >= 15 is 0 Å². The van der Waals surface area contributed by atoms with Crippen LogP contribution in [0.4, 0.5) is 5.69 Å². The van der Waals surface area contributed by atoms with Crippen LogP contribution in [0.25, 0.3) is 6.08 Å². The van der Waals surface area contributed by atoms with E-state index in [1.165, 1.54) is 7.11 Å². The molecule has 0 saturated carbocycles. The summed E-state index contributed by atoms with van der Waals surface area (Å²) < 4.78 is 4.69. The van der Waals surface area contributed by atoms with Crippen molar-refractivity contribution in [2.75, 3.05) is 12.4 Å². The number of nitrogens with one attached hydrogen (secondary N) is 1. The number of anilines is 1. The molecule has 0 bridgehead atoms. The lowest BCUT2D eigenvalue weighted by Gasteiger charge is -2.12. The van der Waals surface area contributed by atoms with Gasteiger partial charge >= 0.3 is 5.97 Å². The Labute approximate surface area is 117 Å². The van der Waals surface area contributed by atoms with Crippen LogP contribution < -0.4 is 5.32 Å². The highest BCUT2D eigenvalue weighted by Crippen LogP contribution is 2.19. The number of esters is 1. The molecule has 0 radical (unpaired) electrons. The predicted octanol–water partition coefficient (Wildman–Crippen LogP) is 2.04. The van der Waals surface area contributed by atoms with Crippen LogP contribution in [-0.4, -0.2) is 30.7 Å². The summed E-state index contributed by atoms with van der Waals surface area (Å²) in [5.74, 6) is -0.781. The number of methoxy groups -OCH3 is 1. The fourth-order valence-corrected chi connectivity index (χ4v) is 1.91. The number of fused-ring (bicyclic) bond motifs is 1. The van der Waals surface area contributed by atoms with E-state index in [-0.39, 0.29) is 11.6 Å². The van der Waals surface area contributed by atoms with Crippen LogP contribution in [-0.2, 0) is 14.3 Å². The molecule has 1 heterocycles. The first-order valence-corrected chi connectivity index (χ1v) is 6.39. The van der Waals surface area contributed by atoms with Gasteiger partial charge in [-0.05, 0) is 24.1 Å². The minimum absolute atomic E-state index is 0.145. The van der Waals surface area contributed by atoms with E-state index in [1.807, 2.05) is 31.2 Å². The molecule has 1 aliphatic rings. The summed E-state index contributed by atoms with van der Waals surface area (Å²) >= 11 is 0. The molecule has 2 rings (SSSR count). The van der Waals surface area contributed by atoms with Crippen LogP contribution in [0, 0.1) is 0 Å². The molecule has 1 aromatic carbocycles. The van der Waals surface area contributed by atoms with Gasteiger partial charge in [-0.1, -0.05) is 31.2 Å². The Morgan fingerprint density at radius 3 is 2.80 bits per heavy atom. The number of hydrogen-bond donors (Lipinski definition) is 1. The molecule has 1 atom stereocenters. The third kappa shape index (κ3) is 2.93. The van der Waals surface area contributed by atoms with Crippen LogP contribution in [0.15, 0.2) is 35.3 Å². The summed E-state index contributed by atoms with van der Waals surface area (Å²) in [6.45, 7) is 1.84. The zero-order valence-electron chi connectivity index (χ0n) is 11.4. The summed E-state index contributed by atoms with van der Waals surface area (Å²) in [5, 5.41) is 2.83. The van der Waals surface area contributed by atoms with Gasteiger partial charge in [0.2, 0.25) is 5.91 Å². The van der Waals surface area contributed by atoms with Crippen LogP contribution in [0.2, 0.25) is 0 Å². The molecule has 1 amide bonds. The monoisotopic (exact) mass is 272 g/mol. The van der Waals surface area contributed by atoms with Crippen molar-refractivity contribution in [1.29, 1.82) is 0 Å². The van der Waals surface area contributed by atoms with E-state index < -0.39 is 12.0 Å². The van der Waals surface area contributed by atoms with E-state index in [0.29, 0.717) is 12.1 Å². The van der Waals surface area contributed by atoms with Gasteiger partial charge in [0.25, 0.3) is 0 Å². The van der Waals surface area contributed by atoms with Crippen LogP contribution in [0.1, 0.15) is 18.9 Å². The average molecular weight is 272 g/mol. The molecule has 0 spiro atoms. The predicted molar refractivity (Wildman–Crippen MR) is 77.6 cm³/mol. The van der Waals surface area contributed by atoms with Gasteiger partial charge in [0.05, 0.1) is 7.11 Å². The van der Waals surface area contributed by atoms with Crippen molar-refractivity contribution in [2.24, 2.45) is 4.99 Å². The van der Waals surface area contributed by atoms with Crippen molar-refractivity contribution in [3.8, 4) is 0 Å². The summed E-state index contributed by atoms with van der Waals surface area (Å²) in [6, 6.07) is 6.76. The number of benzene rings is 1. The Bertz CT molecular complexity index is 591. The van der Waals surface area contributed by atoms with Gasteiger partial charge in [0.1, 0.15) is 11.8 Å². The number of carbonyl (C=O) groups excluding carboxylic acids is 2. The van der Waals surface area contributed by atoms with Crippen molar-refractivity contribution < 1.29 is 14.3 Å². The van der Waals surface area contributed by atoms with Crippen molar-refractivity contribution in [3.05, 3.63) is 35.9 Å². The molecule has 5 nitrogen and oxygen atoms in total. The van der Waals surface area contributed by atoms with Gasteiger partial charge in [-0.2, -0.15) is 0 Å². The van der Waals surface area contributed by atoms with Crippen LogP contribution in [0.5, 0.6) is 0 Å². The quantitative estimate of drug-likeness (QED) is 0.838. The molecule has 0 aromatic heterocycles. The van der Waals surface area contributed by atoms with Gasteiger partial charge in [-0.15, -0.1) is 0 Å². The van der Waals surface area contributed by atoms with Crippen LogP contribution >= 0.6 is 0 Å². The largest absolute Gasteiger partial charge is 0.464 e. The SMILES string of the molecule is CCC1N=C(C(=O)OC)/C=C/c2ccccc2NC1=O. The molecule has 1 aromatic rings. The van der Waals surface area contributed by atoms with Gasteiger partial charge in [0.15, 0.2) is 0 Å². The van der Waals surface area contributed by atoms with Crippen molar-refractivity contribution >= 4 is 29.4 Å². The highest BCUT2D eigenvalue weighted by Gasteiger charge is 2.20. The molecule has 0 fully saturated rings. The maximum atomic E-state index is 12.2. The fourth-order valence-electron chi connectivity index (χ4n) is 1.91. The second kappa shape index (κ2) is 6.14. The maximum Gasteiger partial charge on any atom is 0.356 e. The van der Waals surface area contributed by atoms with E-state index in [9.17, 15) is 9.59 Å². The van der Waals surface area contributed by atoms with Gasteiger partial charge in [-0.25, -0.2) is 4.79 Å². The molecular weight excluding hydrogens is 256 g/mol. The number of carbonyl (C=O) groups is 2. The summed E-state index contributed by atoms with van der Waals surface area (Å²) in [5.41, 5.74) is 1.66. The first-order chi connectivity index (χ1) is 9.65. The zero-order valence-corrected chi connectivity index (χ0v) is 11.4. The Morgan fingerprint density at radius 2 is 2.10 bits per heavy atom. The summed E-state index contributed by atoms with van der Waals surface area (Å²) in [4.78, 5) is 28.1. The Hall–Kier alpha value is -2.43. The fraction of sp³-hybridized carbons (Fsp3) is 0.267. The number of aliphatic imine (C=N–C) groups is 1. The van der Waals surface area contributed by atoms with E-state index in [2.05, 4.69) is 10.3 Å². The molecule has 20 heavy (non-hydrogen) atoms. The molecule has 104 valence electrons. The number of para-hydroxylation sites is 1. The molecule has 1 N–H and O–H groups in total. The zero-order chi connectivity index (χ0) is 14.5. The lowest BCUT2D eigenvalue weighted by molar-refractivity contribution is -0.132. The number of ether oxygens (including phenoxy) is 1. The van der Waals surface area contributed by atoms with E-state index in [4.69, 9.17) is 4.74 Å². The summed E-state index contributed by atoms with van der Waals surface area (Å²) in [6.07, 6.45) is 3.82. The third-order valence-electron chi connectivity index (χ3n) is 3.02. The third-order valence-corrected chi connectivity index (χ3v) is 3.02. The normalized spacial score (nSPS) is 19.6. The molecule has 5 heteroatoms. The molecule has 0 saturated heterocycles. The standard InChI is InChI=1S/C15H16N2O3/c1-3-11-14(18)17-12-7-5-4-6-10(12)8-9-13(16-11)15(19)20-2/h4-9,11H,3H2,1-2H3,(H,17,18)/b9-8+,16-13?. The second-order valence-electron chi connectivity index (χ2n) is 4.34. The number of rotatable bonds is 2. The highest BCUT2D eigenvalue weighted by atomic mass is 16.5. The lowest BCUT2D eigenvalue weighted by Crippen LogP contribution is -2.28. The molecule has 0 aliphatic carbocycles. The highest BCUT2D eigenvalue weighted by molar-refractivity contribution is 6.42.